The lowest BCUT2D eigenvalue weighted by Gasteiger charge is -2.06. The summed E-state index contributed by atoms with van der Waals surface area (Å²) in [5.74, 6) is 0.0247. The number of nitrogen functional groups attached to an aromatic ring is 1. The van der Waals surface area contributed by atoms with Gasteiger partial charge in [-0.3, -0.25) is 4.57 Å². The maximum absolute atomic E-state index is 13.6. The van der Waals surface area contributed by atoms with Gasteiger partial charge < -0.3 is 5.73 Å². The molecular formula is C13H11FN4. The number of hydrogen-bond acceptors (Lipinski definition) is 3. The van der Waals surface area contributed by atoms with E-state index in [-0.39, 0.29) is 5.82 Å². The average Bonchev–Trinajstić information content (AvgIpc) is 2.69. The Morgan fingerprint density at radius 3 is 2.89 bits per heavy atom. The number of aryl methyl sites for hydroxylation is 1. The highest BCUT2D eigenvalue weighted by molar-refractivity contribution is 5.76. The van der Waals surface area contributed by atoms with E-state index in [1.54, 1.807) is 35.9 Å². The molecule has 0 spiro atoms. The standard InChI is InChI=1S/C13H11FN4/c1-8-4-5-9(7-10(8)14)18-12-11(17-13(18)15)3-2-6-16-12/h2-7H,1H3,(H2,15,17). The molecular weight excluding hydrogens is 231 g/mol. The summed E-state index contributed by atoms with van der Waals surface area (Å²) in [6.07, 6.45) is 1.66. The number of imidazole rings is 1. The van der Waals surface area contributed by atoms with Gasteiger partial charge in [-0.15, -0.1) is 0 Å². The fourth-order valence-corrected chi connectivity index (χ4v) is 1.91. The Hall–Kier alpha value is -2.43. The quantitative estimate of drug-likeness (QED) is 0.713. The molecule has 4 nitrogen and oxygen atoms in total. The number of nitrogens with zero attached hydrogens (tertiary/aromatic N) is 3. The first-order valence-electron chi connectivity index (χ1n) is 5.52. The van der Waals surface area contributed by atoms with Gasteiger partial charge in [-0.25, -0.2) is 14.4 Å². The molecule has 0 fully saturated rings. The minimum Gasteiger partial charge on any atom is -0.369 e. The van der Waals surface area contributed by atoms with Gasteiger partial charge in [0.05, 0.1) is 5.69 Å². The number of rotatable bonds is 1. The van der Waals surface area contributed by atoms with Crippen LogP contribution in [-0.4, -0.2) is 14.5 Å². The van der Waals surface area contributed by atoms with E-state index >= 15 is 0 Å². The molecule has 0 bridgehead atoms. The van der Waals surface area contributed by atoms with Gasteiger partial charge in [0.25, 0.3) is 0 Å². The molecule has 0 amide bonds. The summed E-state index contributed by atoms with van der Waals surface area (Å²) in [5.41, 5.74) is 8.39. The Morgan fingerprint density at radius 2 is 2.11 bits per heavy atom. The molecule has 5 heteroatoms. The first kappa shape index (κ1) is 10.7. The molecule has 2 heterocycles. The van der Waals surface area contributed by atoms with Crippen LogP contribution in [0, 0.1) is 12.7 Å². The molecule has 3 rings (SSSR count). The van der Waals surface area contributed by atoms with E-state index in [4.69, 9.17) is 5.73 Å². The second-order valence-corrected chi connectivity index (χ2v) is 4.09. The summed E-state index contributed by atoms with van der Waals surface area (Å²) in [7, 11) is 0. The Balaban J connectivity index is 2.30. The smallest absolute Gasteiger partial charge is 0.207 e. The van der Waals surface area contributed by atoms with Crippen LogP contribution in [0.2, 0.25) is 0 Å². The SMILES string of the molecule is Cc1ccc(-n2c(N)nc3cccnc32)cc1F. The zero-order valence-corrected chi connectivity index (χ0v) is 9.76. The minimum absolute atomic E-state index is 0.273. The van der Waals surface area contributed by atoms with Crippen LogP contribution in [0.5, 0.6) is 0 Å². The largest absolute Gasteiger partial charge is 0.369 e. The highest BCUT2D eigenvalue weighted by atomic mass is 19.1. The normalized spacial score (nSPS) is 11.0. The molecule has 18 heavy (non-hydrogen) atoms. The molecule has 0 aliphatic heterocycles. The third-order valence-corrected chi connectivity index (χ3v) is 2.86. The van der Waals surface area contributed by atoms with Crippen LogP contribution in [0.1, 0.15) is 5.56 Å². The number of anilines is 1. The maximum atomic E-state index is 13.6. The van der Waals surface area contributed by atoms with Gasteiger partial charge >= 0.3 is 0 Å². The predicted molar refractivity (Wildman–Crippen MR) is 68.0 cm³/mol. The van der Waals surface area contributed by atoms with E-state index in [2.05, 4.69) is 9.97 Å². The second kappa shape index (κ2) is 3.80. The van der Waals surface area contributed by atoms with Crippen molar-refractivity contribution in [1.29, 1.82) is 0 Å². The lowest BCUT2D eigenvalue weighted by atomic mass is 10.2. The van der Waals surface area contributed by atoms with Crippen molar-refractivity contribution < 1.29 is 4.39 Å². The van der Waals surface area contributed by atoms with Crippen molar-refractivity contribution in [3.05, 3.63) is 47.9 Å². The fourth-order valence-electron chi connectivity index (χ4n) is 1.91. The molecule has 0 radical (unpaired) electrons. The van der Waals surface area contributed by atoms with Crippen molar-refractivity contribution in [3.63, 3.8) is 0 Å². The Labute approximate surface area is 103 Å². The van der Waals surface area contributed by atoms with E-state index in [1.807, 2.05) is 6.07 Å². The van der Waals surface area contributed by atoms with Gasteiger partial charge in [-0.1, -0.05) is 6.07 Å². The number of benzene rings is 1. The monoisotopic (exact) mass is 242 g/mol. The topological polar surface area (TPSA) is 56.7 Å². The number of hydrogen-bond donors (Lipinski definition) is 1. The van der Waals surface area contributed by atoms with Gasteiger partial charge in [-0.05, 0) is 36.8 Å². The van der Waals surface area contributed by atoms with E-state index in [0.29, 0.717) is 28.4 Å². The van der Waals surface area contributed by atoms with Crippen LogP contribution >= 0.6 is 0 Å². The zero-order chi connectivity index (χ0) is 12.7. The molecule has 3 aromatic rings. The van der Waals surface area contributed by atoms with Crippen LogP contribution in [-0.2, 0) is 0 Å². The summed E-state index contributed by atoms with van der Waals surface area (Å²) >= 11 is 0. The van der Waals surface area contributed by atoms with E-state index in [9.17, 15) is 4.39 Å². The average molecular weight is 242 g/mol. The lowest BCUT2D eigenvalue weighted by molar-refractivity contribution is 0.617. The summed E-state index contributed by atoms with van der Waals surface area (Å²) < 4.78 is 15.2. The number of fused-ring (bicyclic) bond motifs is 1. The van der Waals surface area contributed by atoms with E-state index in [0.717, 1.165) is 0 Å². The Morgan fingerprint density at radius 1 is 1.28 bits per heavy atom. The second-order valence-electron chi connectivity index (χ2n) is 4.09. The van der Waals surface area contributed by atoms with Crippen LogP contribution < -0.4 is 5.73 Å². The predicted octanol–water partition coefficient (Wildman–Crippen LogP) is 2.45. The molecule has 0 aliphatic rings. The maximum Gasteiger partial charge on any atom is 0.207 e. The third-order valence-electron chi connectivity index (χ3n) is 2.86. The zero-order valence-electron chi connectivity index (χ0n) is 9.76. The number of halogens is 1. The summed E-state index contributed by atoms with van der Waals surface area (Å²) in [5, 5.41) is 0. The van der Waals surface area contributed by atoms with Crippen molar-refractivity contribution in [3.8, 4) is 5.69 Å². The van der Waals surface area contributed by atoms with Crippen molar-refractivity contribution in [2.75, 3.05) is 5.73 Å². The highest BCUT2D eigenvalue weighted by Gasteiger charge is 2.11. The van der Waals surface area contributed by atoms with Gasteiger partial charge in [0, 0.05) is 6.20 Å². The lowest BCUT2D eigenvalue weighted by Crippen LogP contribution is -2.02. The molecule has 0 saturated heterocycles. The Bertz CT molecular complexity index is 733. The van der Waals surface area contributed by atoms with Crippen molar-refractivity contribution in [2.45, 2.75) is 6.92 Å². The van der Waals surface area contributed by atoms with Crippen LogP contribution in [0.15, 0.2) is 36.5 Å². The molecule has 0 atom stereocenters. The van der Waals surface area contributed by atoms with Crippen LogP contribution in [0.25, 0.3) is 16.9 Å². The van der Waals surface area contributed by atoms with Crippen LogP contribution in [0.4, 0.5) is 10.3 Å². The first-order chi connectivity index (χ1) is 8.66. The molecule has 0 saturated carbocycles. The molecule has 2 N–H and O–H groups in total. The molecule has 0 aliphatic carbocycles. The Kier molecular flexibility index (Phi) is 2.26. The molecule has 2 aromatic heterocycles. The van der Waals surface area contributed by atoms with Gasteiger partial charge in [0.1, 0.15) is 11.3 Å². The van der Waals surface area contributed by atoms with E-state index in [1.165, 1.54) is 6.07 Å². The van der Waals surface area contributed by atoms with Crippen molar-refractivity contribution in [1.82, 2.24) is 14.5 Å². The highest BCUT2D eigenvalue weighted by Crippen LogP contribution is 2.22. The molecule has 1 aromatic carbocycles. The molecule has 90 valence electrons. The van der Waals surface area contributed by atoms with E-state index < -0.39 is 0 Å². The number of nitrogens with two attached hydrogens (primary N) is 1. The number of aromatic nitrogens is 3. The summed E-state index contributed by atoms with van der Waals surface area (Å²) in [6.45, 7) is 1.72. The summed E-state index contributed by atoms with van der Waals surface area (Å²) in [4.78, 5) is 8.43. The van der Waals surface area contributed by atoms with Crippen molar-refractivity contribution in [2.24, 2.45) is 0 Å². The first-order valence-corrected chi connectivity index (χ1v) is 5.52. The van der Waals surface area contributed by atoms with Gasteiger partial charge in [0.2, 0.25) is 5.95 Å². The third kappa shape index (κ3) is 1.52. The summed E-state index contributed by atoms with van der Waals surface area (Å²) in [6, 6.07) is 8.54. The minimum atomic E-state index is -0.273. The molecule has 0 unspecified atom stereocenters. The van der Waals surface area contributed by atoms with Gasteiger partial charge in [-0.2, -0.15) is 0 Å². The fraction of sp³-hybridized carbons (Fsp3) is 0.0769. The van der Waals surface area contributed by atoms with Crippen molar-refractivity contribution >= 4 is 17.1 Å². The van der Waals surface area contributed by atoms with Gasteiger partial charge in [0.15, 0.2) is 5.65 Å². The van der Waals surface area contributed by atoms with Crippen LogP contribution in [0.3, 0.4) is 0 Å². The number of pyridine rings is 1.